The second-order valence-electron chi connectivity index (χ2n) is 4.03. The molecule has 0 saturated carbocycles. The third-order valence-electron chi connectivity index (χ3n) is 2.67. The fraction of sp³-hybridized carbons (Fsp3) is 0. The molecule has 21 heavy (non-hydrogen) atoms. The quantitative estimate of drug-likeness (QED) is 0.291. The fourth-order valence-electron chi connectivity index (χ4n) is 1.60. The van der Waals surface area contributed by atoms with Gasteiger partial charge in [0.1, 0.15) is 5.75 Å². The van der Waals surface area contributed by atoms with Gasteiger partial charge in [0.05, 0.1) is 17.4 Å². The summed E-state index contributed by atoms with van der Waals surface area (Å²) in [5.41, 5.74) is 6.56. The monoisotopic (exact) mass is 350 g/mol. The molecule has 0 aliphatic heterocycles. The fourth-order valence-corrected chi connectivity index (χ4v) is 2.08. The number of amidine groups is 1. The van der Waals surface area contributed by atoms with Crippen LogP contribution in [0.25, 0.3) is 0 Å². The first-order valence-electron chi connectivity index (χ1n) is 5.74. The molecule has 0 saturated heterocycles. The number of carbonyl (C=O) groups is 1. The van der Waals surface area contributed by atoms with E-state index >= 15 is 0 Å². The summed E-state index contributed by atoms with van der Waals surface area (Å²) in [6.07, 6.45) is 2.59. The lowest BCUT2D eigenvalue weighted by atomic mass is 10.2. The van der Waals surface area contributed by atoms with Crippen molar-refractivity contribution in [2.45, 2.75) is 0 Å². The average molecular weight is 351 g/mol. The molecule has 1 amide bonds. The predicted molar refractivity (Wildman–Crippen MR) is 80.5 cm³/mol. The first-order chi connectivity index (χ1) is 10.0. The minimum absolute atomic E-state index is 0.0413. The number of oxime groups is 1. The third kappa shape index (κ3) is 3.29. The Morgan fingerprint density at radius 2 is 2.14 bits per heavy atom. The van der Waals surface area contributed by atoms with Crippen molar-refractivity contribution >= 4 is 33.4 Å². The molecule has 0 aliphatic carbocycles. The zero-order valence-corrected chi connectivity index (χ0v) is 12.2. The first kappa shape index (κ1) is 14.8. The number of benzene rings is 1. The zero-order valence-electron chi connectivity index (χ0n) is 10.6. The smallest absolute Gasteiger partial charge is 0.259 e. The number of aromatic nitrogens is 1. The third-order valence-corrected chi connectivity index (χ3v) is 3.32. The van der Waals surface area contributed by atoms with Crippen molar-refractivity contribution < 1.29 is 15.1 Å². The van der Waals surface area contributed by atoms with E-state index in [1.807, 2.05) is 0 Å². The molecule has 0 atom stereocenters. The number of pyridine rings is 1. The second-order valence-corrected chi connectivity index (χ2v) is 4.88. The molecule has 0 fully saturated rings. The van der Waals surface area contributed by atoms with E-state index in [1.54, 1.807) is 18.2 Å². The van der Waals surface area contributed by atoms with Crippen LogP contribution in [0.15, 0.2) is 46.3 Å². The molecular formula is C13H11BrN4O3. The SMILES string of the molecule is N/C(=N/O)c1ccc(NC(=O)c2ccncc2O)c(Br)c1. The summed E-state index contributed by atoms with van der Waals surface area (Å²) in [7, 11) is 0. The second kappa shape index (κ2) is 6.23. The molecule has 1 aromatic heterocycles. The van der Waals surface area contributed by atoms with E-state index < -0.39 is 5.91 Å². The lowest BCUT2D eigenvalue weighted by Gasteiger charge is -2.09. The maximum absolute atomic E-state index is 12.1. The summed E-state index contributed by atoms with van der Waals surface area (Å²) in [5.74, 6) is -0.730. The van der Waals surface area contributed by atoms with Gasteiger partial charge < -0.3 is 21.4 Å². The standard InChI is InChI=1S/C13H11BrN4O3/c14-9-5-7(12(15)18-21)1-2-10(9)17-13(20)8-3-4-16-6-11(8)19/h1-6,19,21H,(H2,15,18)(H,17,20). The maximum Gasteiger partial charge on any atom is 0.259 e. The van der Waals surface area contributed by atoms with E-state index in [4.69, 9.17) is 10.9 Å². The zero-order chi connectivity index (χ0) is 15.4. The van der Waals surface area contributed by atoms with E-state index in [0.29, 0.717) is 15.7 Å². The first-order valence-corrected chi connectivity index (χ1v) is 6.54. The number of halogens is 1. The Kier molecular flexibility index (Phi) is 4.39. The van der Waals surface area contributed by atoms with Crippen molar-refractivity contribution in [2.24, 2.45) is 10.9 Å². The number of rotatable bonds is 3. The summed E-state index contributed by atoms with van der Waals surface area (Å²) in [4.78, 5) is 15.8. The molecule has 2 rings (SSSR count). The van der Waals surface area contributed by atoms with Gasteiger partial charge in [0.2, 0.25) is 0 Å². The van der Waals surface area contributed by atoms with Crippen LogP contribution in [0.2, 0.25) is 0 Å². The van der Waals surface area contributed by atoms with Gasteiger partial charge in [0.15, 0.2) is 5.84 Å². The summed E-state index contributed by atoms with van der Waals surface area (Å²) in [5, 5.41) is 23.7. The van der Waals surface area contributed by atoms with Gasteiger partial charge in [-0.15, -0.1) is 0 Å². The Morgan fingerprint density at radius 1 is 1.38 bits per heavy atom. The number of nitrogens with one attached hydrogen (secondary N) is 1. The van der Waals surface area contributed by atoms with Crippen molar-refractivity contribution in [3.8, 4) is 5.75 Å². The van der Waals surface area contributed by atoms with Crippen molar-refractivity contribution in [3.63, 3.8) is 0 Å². The van der Waals surface area contributed by atoms with Crippen LogP contribution < -0.4 is 11.1 Å². The molecule has 108 valence electrons. The largest absolute Gasteiger partial charge is 0.505 e. The van der Waals surface area contributed by atoms with E-state index in [9.17, 15) is 9.90 Å². The molecule has 0 radical (unpaired) electrons. The van der Waals surface area contributed by atoms with Crippen LogP contribution in [-0.4, -0.2) is 27.0 Å². The molecule has 0 spiro atoms. The summed E-state index contributed by atoms with van der Waals surface area (Å²) in [6.45, 7) is 0. The van der Waals surface area contributed by atoms with Gasteiger partial charge >= 0.3 is 0 Å². The summed E-state index contributed by atoms with van der Waals surface area (Å²) < 4.78 is 0.550. The van der Waals surface area contributed by atoms with Gasteiger partial charge in [0, 0.05) is 16.2 Å². The van der Waals surface area contributed by atoms with E-state index in [2.05, 4.69) is 31.4 Å². The average Bonchev–Trinajstić information content (AvgIpc) is 2.48. The predicted octanol–water partition coefficient (Wildman–Crippen LogP) is 1.90. The van der Waals surface area contributed by atoms with Crippen LogP contribution in [0.5, 0.6) is 5.75 Å². The minimum Gasteiger partial charge on any atom is -0.505 e. The normalized spacial score (nSPS) is 11.2. The van der Waals surface area contributed by atoms with E-state index in [0.717, 1.165) is 0 Å². The van der Waals surface area contributed by atoms with Crippen LogP contribution in [-0.2, 0) is 0 Å². The van der Waals surface area contributed by atoms with Crippen LogP contribution in [0.4, 0.5) is 5.69 Å². The number of amides is 1. The van der Waals surface area contributed by atoms with Gasteiger partial charge in [-0.3, -0.25) is 9.78 Å². The number of hydrogen-bond acceptors (Lipinski definition) is 5. The highest BCUT2D eigenvalue weighted by molar-refractivity contribution is 9.10. The number of aromatic hydroxyl groups is 1. The molecule has 0 unspecified atom stereocenters. The van der Waals surface area contributed by atoms with Gasteiger partial charge in [-0.05, 0) is 40.2 Å². The lowest BCUT2D eigenvalue weighted by Crippen LogP contribution is -2.15. The highest BCUT2D eigenvalue weighted by atomic mass is 79.9. The highest BCUT2D eigenvalue weighted by Gasteiger charge is 2.13. The van der Waals surface area contributed by atoms with Crippen molar-refractivity contribution in [1.29, 1.82) is 0 Å². The van der Waals surface area contributed by atoms with Crippen LogP contribution >= 0.6 is 15.9 Å². The molecule has 2 aromatic rings. The molecule has 1 aromatic carbocycles. The van der Waals surface area contributed by atoms with Crippen LogP contribution in [0.3, 0.4) is 0 Å². The maximum atomic E-state index is 12.1. The van der Waals surface area contributed by atoms with Gasteiger partial charge in [0.25, 0.3) is 5.91 Å². The number of nitrogens with two attached hydrogens (primary N) is 1. The highest BCUT2D eigenvalue weighted by Crippen LogP contribution is 2.25. The molecular weight excluding hydrogens is 340 g/mol. The Hall–Kier alpha value is -2.61. The van der Waals surface area contributed by atoms with Crippen molar-refractivity contribution in [3.05, 3.63) is 52.3 Å². The van der Waals surface area contributed by atoms with Crippen molar-refractivity contribution in [2.75, 3.05) is 5.32 Å². The number of anilines is 1. The summed E-state index contributed by atoms with van der Waals surface area (Å²) in [6, 6.07) is 6.18. The summed E-state index contributed by atoms with van der Waals surface area (Å²) >= 11 is 3.28. The van der Waals surface area contributed by atoms with Gasteiger partial charge in [-0.2, -0.15) is 0 Å². The Labute approximate surface area is 128 Å². The minimum atomic E-state index is -0.479. The molecule has 0 bridgehead atoms. The number of nitrogens with zero attached hydrogens (tertiary/aromatic N) is 2. The van der Waals surface area contributed by atoms with Crippen molar-refractivity contribution in [1.82, 2.24) is 4.98 Å². The Bertz CT molecular complexity index is 718. The van der Waals surface area contributed by atoms with E-state index in [1.165, 1.54) is 18.5 Å². The van der Waals surface area contributed by atoms with Crippen LogP contribution in [0.1, 0.15) is 15.9 Å². The van der Waals surface area contributed by atoms with E-state index in [-0.39, 0.29) is 17.1 Å². The Balaban J connectivity index is 2.25. The molecule has 0 aliphatic rings. The number of hydrogen-bond donors (Lipinski definition) is 4. The topological polar surface area (TPSA) is 121 Å². The molecule has 1 heterocycles. The molecule has 7 nitrogen and oxygen atoms in total. The van der Waals surface area contributed by atoms with Crippen LogP contribution in [0, 0.1) is 0 Å². The Morgan fingerprint density at radius 3 is 2.76 bits per heavy atom. The van der Waals surface area contributed by atoms with Gasteiger partial charge in [-0.1, -0.05) is 5.16 Å². The molecule has 5 N–H and O–H groups in total. The van der Waals surface area contributed by atoms with Gasteiger partial charge in [-0.25, -0.2) is 0 Å². The lowest BCUT2D eigenvalue weighted by molar-refractivity contribution is 0.102. The molecule has 8 heteroatoms. The number of carbonyl (C=O) groups excluding carboxylic acids is 1.